The van der Waals surface area contributed by atoms with E-state index in [1.54, 1.807) is 27.7 Å². The minimum Gasteiger partial charge on any atom is -0.456 e. The topological polar surface area (TPSA) is 94.3 Å². The number of rotatable bonds is 4. The van der Waals surface area contributed by atoms with E-state index < -0.39 is 23.5 Å². The van der Waals surface area contributed by atoms with Crippen LogP contribution in [0.25, 0.3) is 0 Å². The van der Waals surface area contributed by atoms with Gasteiger partial charge < -0.3 is 15.8 Å². The van der Waals surface area contributed by atoms with Crippen molar-refractivity contribution < 1.29 is 14.3 Å². The first-order valence-corrected chi connectivity index (χ1v) is 6.42. The van der Waals surface area contributed by atoms with Crippen molar-refractivity contribution in [3.8, 4) is 0 Å². The highest BCUT2D eigenvalue weighted by Gasteiger charge is 2.22. The average Bonchev–Trinajstić information content (AvgIpc) is 2.26. The Labute approximate surface area is 122 Å². The van der Waals surface area contributed by atoms with Crippen LogP contribution in [0.2, 0.25) is 5.15 Å². The number of carbonyl (C=O) groups is 2. The zero-order valence-electron chi connectivity index (χ0n) is 11.9. The van der Waals surface area contributed by atoms with Gasteiger partial charge in [0.15, 0.2) is 0 Å². The molecular weight excluding hydrogens is 282 g/mol. The van der Waals surface area contributed by atoms with E-state index in [2.05, 4.69) is 10.3 Å². The summed E-state index contributed by atoms with van der Waals surface area (Å²) >= 11 is 5.80. The van der Waals surface area contributed by atoms with E-state index >= 15 is 0 Å². The molecule has 1 amide bonds. The van der Waals surface area contributed by atoms with Gasteiger partial charge >= 0.3 is 5.97 Å². The molecule has 20 heavy (non-hydrogen) atoms. The van der Waals surface area contributed by atoms with Crippen molar-refractivity contribution in [2.75, 3.05) is 5.32 Å². The molecule has 1 rings (SSSR count). The fourth-order valence-corrected chi connectivity index (χ4v) is 1.51. The third kappa shape index (κ3) is 4.70. The molecule has 1 aromatic heterocycles. The average molecular weight is 300 g/mol. The van der Waals surface area contributed by atoms with E-state index in [0.29, 0.717) is 5.69 Å². The van der Waals surface area contributed by atoms with E-state index in [4.69, 9.17) is 22.1 Å². The first-order valence-electron chi connectivity index (χ1n) is 6.05. The summed E-state index contributed by atoms with van der Waals surface area (Å²) in [6, 6.07) is 0.787. The monoisotopic (exact) mass is 299 g/mol. The van der Waals surface area contributed by atoms with Crippen molar-refractivity contribution in [2.24, 2.45) is 5.73 Å². The maximum atomic E-state index is 12.1. The second kappa shape index (κ2) is 6.09. The second-order valence-corrected chi connectivity index (χ2v) is 5.71. The van der Waals surface area contributed by atoms with Crippen molar-refractivity contribution in [3.63, 3.8) is 0 Å². The number of hydrogen-bond donors (Lipinski definition) is 2. The third-order valence-electron chi connectivity index (χ3n) is 2.29. The van der Waals surface area contributed by atoms with Crippen LogP contribution in [0.3, 0.4) is 0 Å². The summed E-state index contributed by atoms with van der Waals surface area (Å²) in [5.74, 6) is -1.10. The smallest absolute Gasteiger partial charge is 0.342 e. The van der Waals surface area contributed by atoms with Crippen LogP contribution in [0.1, 0.15) is 38.1 Å². The number of hydrogen-bond acceptors (Lipinski definition) is 5. The molecule has 0 aliphatic rings. The third-order valence-corrected chi connectivity index (χ3v) is 2.49. The molecule has 0 radical (unpaired) electrons. The lowest BCUT2D eigenvalue weighted by Gasteiger charge is -2.21. The minimum atomic E-state index is -0.658. The van der Waals surface area contributed by atoms with Gasteiger partial charge in [0.2, 0.25) is 5.91 Å². The molecule has 0 spiro atoms. The number of amides is 1. The normalized spacial score (nSPS) is 12.7. The summed E-state index contributed by atoms with van der Waals surface area (Å²) in [5, 5.41) is 3.01. The Hall–Kier alpha value is -1.82. The molecule has 0 aliphatic heterocycles. The SMILES string of the molecule is CC(Nc1cc(Cl)ncc1C(=O)OC(C)(C)C)C(N)=O. The molecule has 1 atom stereocenters. The van der Waals surface area contributed by atoms with Gasteiger partial charge in [0, 0.05) is 6.20 Å². The van der Waals surface area contributed by atoms with Crippen LogP contribution in [-0.4, -0.2) is 28.5 Å². The lowest BCUT2D eigenvalue weighted by molar-refractivity contribution is -0.118. The van der Waals surface area contributed by atoms with E-state index in [1.807, 2.05) is 0 Å². The first kappa shape index (κ1) is 16.2. The predicted octanol–water partition coefficient (Wildman–Crippen LogP) is 1.98. The fraction of sp³-hybridized carbons (Fsp3) is 0.462. The minimum absolute atomic E-state index is 0.191. The Kier molecular flexibility index (Phi) is 4.94. The number of aromatic nitrogens is 1. The van der Waals surface area contributed by atoms with Crippen molar-refractivity contribution in [1.29, 1.82) is 0 Å². The highest BCUT2D eigenvalue weighted by atomic mass is 35.5. The van der Waals surface area contributed by atoms with Crippen molar-refractivity contribution in [1.82, 2.24) is 4.98 Å². The van der Waals surface area contributed by atoms with Gasteiger partial charge in [0.25, 0.3) is 0 Å². The maximum absolute atomic E-state index is 12.1. The summed E-state index contributed by atoms with van der Waals surface area (Å²) in [6.07, 6.45) is 1.30. The highest BCUT2D eigenvalue weighted by molar-refractivity contribution is 6.29. The quantitative estimate of drug-likeness (QED) is 0.655. The molecule has 1 aromatic rings. The van der Waals surface area contributed by atoms with Crippen LogP contribution in [0.4, 0.5) is 5.69 Å². The Bertz CT molecular complexity index is 526. The van der Waals surface area contributed by atoms with Gasteiger partial charge in [0.05, 0.1) is 5.69 Å². The lowest BCUT2D eigenvalue weighted by Crippen LogP contribution is -2.33. The van der Waals surface area contributed by atoms with Gasteiger partial charge in [-0.25, -0.2) is 9.78 Å². The molecule has 0 aliphatic carbocycles. The van der Waals surface area contributed by atoms with E-state index in [-0.39, 0.29) is 10.7 Å². The molecule has 0 aromatic carbocycles. The Morgan fingerprint density at radius 1 is 1.45 bits per heavy atom. The zero-order valence-corrected chi connectivity index (χ0v) is 12.6. The molecule has 1 unspecified atom stereocenters. The Morgan fingerprint density at radius 3 is 2.55 bits per heavy atom. The van der Waals surface area contributed by atoms with Crippen LogP contribution in [0, 0.1) is 0 Å². The summed E-state index contributed by atoms with van der Waals surface area (Å²) < 4.78 is 5.27. The summed E-state index contributed by atoms with van der Waals surface area (Å²) in [6.45, 7) is 6.85. The maximum Gasteiger partial charge on any atom is 0.342 e. The van der Waals surface area contributed by atoms with E-state index in [0.717, 1.165) is 0 Å². The zero-order chi connectivity index (χ0) is 15.5. The number of primary amides is 1. The molecular formula is C13H18ClN3O3. The van der Waals surface area contributed by atoms with Crippen LogP contribution in [0.5, 0.6) is 0 Å². The number of nitrogens with zero attached hydrogens (tertiary/aromatic N) is 1. The molecule has 110 valence electrons. The number of anilines is 1. The summed E-state index contributed by atoms with van der Waals surface area (Å²) in [7, 11) is 0. The second-order valence-electron chi connectivity index (χ2n) is 5.32. The van der Waals surface area contributed by atoms with Gasteiger partial charge in [-0.05, 0) is 33.8 Å². The van der Waals surface area contributed by atoms with Crippen molar-refractivity contribution in [3.05, 3.63) is 23.0 Å². The van der Waals surface area contributed by atoms with Crippen molar-refractivity contribution >= 4 is 29.2 Å². The number of ether oxygens (including phenoxy) is 1. The number of esters is 1. The molecule has 1 heterocycles. The van der Waals surface area contributed by atoms with Crippen LogP contribution in [-0.2, 0) is 9.53 Å². The van der Waals surface area contributed by atoms with E-state index in [1.165, 1.54) is 12.3 Å². The van der Waals surface area contributed by atoms with Gasteiger partial charge in [0.1, 0.15) is 22.4 Å². The van der Waals surface area contributed by atoms with Crippen molar-refractivity contribution in [2.45, 2.75) is 39.3 Å². The number of pyridine rings is 1. The molecule has 0 fully saturated rings. The number of nitrogens with one attached hydrogen (secondary N) is 1. The first-order chi connectivity index (χ1) is 9.10. The summed E-state index contributed by atoms with van der Waals surface area (Å²) in [5.41, 5.74) is 5.09. The molecule has 7 heteroatoms. The molecule has 3 N–H and O–H groups in total. The predicted molar refractivity (Wildman–Crippen MR) is 76.7 cm³/mol. The van der Waals surface area contributed by atoms with Gasteiger partial charge in [-0.15, -0.1) is 0 Å². The van der Waals surface area contributed by atoms with Gasteiger partial charge in [-0.2, -0.15) is 0 Å². The largest absolute Gasteiger partial charge is 0.456 e. The summed E-state index contributed by atoms with van der Waals surface area (Å²) in [4.78, 5) is 27.0. The van der Waals surface area contributed by atoms with Crippen LogP contribution < -0.4 is 11.1 Å². The molecule has 0 saturated carbocycles. The molecule has 0 bridgehead atoms. The fourth-order valence-electron chi connectivity index (χ4n) is 1.35. The molecule has 0 saturated heterocycles. The van der Waals surface area contributed by atoms with Crippen LogP contribution in [0.15, 0.2) is 12.3 Å². The Morgan fingerprint density at radius 2 is 2.05 bits per heavy atom. The Balaban J connectivity index is 3.07. The van der Waals surface area contributed by atoms with E-state index in [9.17, 15) is 9.59 Å². The lowest BCUT2D eigenvalue weighted by atomic mass is 10.1. The number of nitrogens with two attached hydrogens (primary N) is 1. The number of halogens is 1. The number of carbonyl (C=O) groups excluding carboxylic acids is 2. The van der Waals surface area contributed by atoms with Crippen LogP contribution >= 0.6 is 11.6 Å². The molecule has 6 nitrogen and oxygen atoms in total. The standard InChI is InChI=1S/C13H18ClN3O3/c1-7(11(15)18)17-9-5-10(14)16-6-8(9)12(19)20-13(2,3)4/h5-7H,1-4H3,(H2,15,18)(H,16,17). The van der Waals surface area contributed by atoms with Gasteiger partial charge in [-0.3, -0.25) is 4.79 Å². The highest BCUT2D eigenvalue weighted by Crippen LogP contribution is 2.22. The van der Waals surface area contributed by atoms with Gasteiger partial charge in [-0.1, -0.05) is 11.6 Å².